The molecule has 18 heavy (non-hydrogen) atoms. The van der Waals surface area contributed by atoms with Gasteiger partial charge in [-0.3, -0.25) is 0 Å². The lowest BCUT2D eigenvalue weighted by atomic mass is 9.93. The molecule has 0 bridgehead atoms. The van der Waals surface area contributed by atoms with E-state index in [0.717, 1.165) is 48.6 Å². The zero-order valence-electron chi connectivity index (χ0n) is 10.7. The minimum absolute atomic E-state index is 0.155. The smallest absolute Gasteiger partial charge is 0.123 e. The molecule has 1 fully saturated rings. The van der Waals surface area contributed by atoms with Crippen molar-refractivity contribution in [1.29, 1.82) is 0 Å². The number of methoxy groups -OCH3 is 1. The van der Waals surface area contributed by atoms with E-state index in [2.05, 4.69) is 5.32 Å². The lowest BCUT2D eigenvalue weighted by Gasteiger charge is -2.27. The zero-order valence-corrected chi connectivity index (χ0v) is 11.4. The first-order chi connectivity index (χ1) is 8.69. The molecular formula is C14H20ClNO2. The number of ether oxygens (including phenoxy) is 1. The molecule has 0 saturated heterocycles. The summed E-state index contributed by atoms with van der Waals surface area (Å²) in [5, 5.41) is 13.8. The normalized spacial score (nSPS) is 23.9. The number of rotatable bonds is 4. The van der Waals surface area contributed by atoms with E-state index in [-0.39, 0.29) is 6.10 Å². The van der Waals surface area contributed by atoms with Crippen LogP contribution in [0.2, 0.25) is 5.02 Å². The molecule has 4 heteroatoms. The molecule has 0 heterocycles. The first-order valence-corrected chi connectivity index (χ1v) is 6.80. The fourth-order valence-electron chi connectivity index (χ4n) is 2.49. The predicted octanol–water partition coefficient (Wildman–Crippen LogP) is 2.74. The van der Waals surface area contributed by atoms with Crippen LogP contribution in [0, 0.1) is 0 Å². The van der Waals surface area contributed by atoms with Crippen LogP contribution in [0.4, 0.5) is 0 Å². The number of benzene rings is 1. The number of hydrogen-bond acceptors (Lipinski definition) is 3. The molecule has 0 radical (unpaired) electrons. The maximum absolute atomic E-state index is 9.64. The highest BCUT2D eigenvalue weighted by Gasteiger charge is 2.19. The minimum Gasteiger partial charge on any atom is -0.496 e. The largest absolute Gasteiger partial charge is 0.496 e. The van der Waals surface area contributed by atoms with Crippen LogP contribution in [-0.2, 0) is 6.54 Å². The molecule has 3 nitrogen and oxygen atoms in total. The highest BCUT2D eigenvalue weighted by atomic mass is 35.5. The average Bonchev–Trinajstić information content (AvgIpc) is 2.37. The van der Waals surface area contributed by atoms with Gasteiger partial charge in [0.15, 0.2) is 0 Å². The van der Waals surface area contributed by atoms with Crippen molar-refractivity contribution in [3.63, 3.8) is 0 Å². The highest BCUT2D eigenvalue weighted by Crippen LogP contribution is 2.24. The van der Waals surface area contributed by atoms with Crippen molar-refractivity contribution in [3.05, 3.63) is 28.8 Å². The lowest BCUT2D eigenvalue weighted by molar-refractivity contribution is 0.111. The van der Waals surface area contributed by atoms with Gasteiger partial charge in [0, 0.05) is 23.2 Å². The van der Waals surface area contributed by atoms with Gasteiger partial charge in [-0.05, 0) is 43.9 Å². The van der Waals surface area contributed by atoms with Crippen LogP contribution >= 0.6 is 11.6 Å². The second kappa shape index (κ2) is 6.41. The Morgan fingerprint density at radius 2 is 2.28 bits per heavy atom. The number of aliphatic hydroxyl groups excluding tert-OH is 1. The molecule has 2 rings (SSSR count). The predicted molar refractivity (Wildman–Crippen MR) is 73.1 cm³/mol. The molecule has 2 N–H and O–H groups in total. The van der Waals surface area contributed by atoms with Crippen molar-refractivity contribution in [3.8, 4) is 5.75 Å². The van der Waals surface area contributed by atoms with Crippen LogP contribution < -0.4 is 10.1 Å². The fraction of sp³-hybridized carbons (Fsp3) is 0.571. The molecule has 1 aromatic rings. The maximum atomic E-state index is 9.64. The molecule has 0 amide bonds. The van der Waals surface area contributed by atoms with Crippen LogP contribution in [0.25, 0.3) is 0 Å². The summed E-state index contributed by atoms with van der Waals surface area (Å²) in [5.74, 6) is 0.850. The average molecular weight is 270 g/mol. The van der Waals surface area contributed by atoms with Crippen molar-refractivity contribution in [2.75, 3.05) is 7.11 Å². The Morgan fingerprint density at radius 3 is 3.00 bits per heavy atom. The topological polar surface area (TPSA) is 41.5 Å². The second-order valence-electron chi connectivity index (χ2n) is 4.85. The number of nitrogens with one attached hydrogen (secondary N) is 1. The van der Waals surface area contributed by atoms with Gasteiger partial charge in [0.25, 0.3) is 0 Å². The molecule has 1 aliphatic carbocycles. The zero-order chi connectivity index (χ0) is 13.0. The monoisotopic (exact) mass is 269 g/mol. The van der Waals surface area contributed by atoms with Crippen LogP contribution in [-0.4, -0.2) is 24.4 Å². The summed E-state index contributed by atoms with van der Waals surface area (Å²) >= 11 is 6.00. The van der Waals surface area contributed by atoms with Crippen molar-refractivity contribution in [1.82, 2.24) is 5.32 Å². The fourth-order valence-corrected chi connectivity index (χ4v) is 2.68. The summed E-state index contributed by atoms with van der Waals surface area (Å²) in [6.07, 6.45) is 3.82. The Hall–Kier alpha value is -0.770. The van der Waals surface area contributed by atoms with E-state index in [1.165, 1.54) is 0 Å². The number of halogens is 1. The van der Waals surface area contributed by atoms with Gasteiger partial charge >= 0.3 is 0 Å². The van der Waals surface area contributed by atoms with E-state index < -0.39 is 0 Å². The summed E-state index contributed by atoms with van der Waals surface area (Å²) in [5.41, 5.74) is 1.06. The van der Waals surface area contributed by atoms with Gasteiger partial charge in [-0.1, -0.05) is 11.6 Å². The van der Waals surface area contributed by atoms with Crippen LogP contribution in [0.1, 0.15) is 31.2 Å². The third-order valence-corrected chi connectivity index (χ3v) is 3.71. The minimum atomic E-state index is -0.155. The van der Waals surface area contributed by atoms with Crippen molar-refractivity contribution >= 4 is 11.6 Å². The van der Waals surface area contributed by atoms with Crippen LogP contribution in [0.5, 0.6) is 5.75 Å². The molecule has 1 aliphatic rings. The Bertz CT molecular complexity index is 397. The summed E-state index contributed by atoms with van der Waals surface area (Å²) in [4.78, 5) is 0. The lowest BCUT2D eigenvalue weighted by Crippen LogP contribution is -2.35. The Kier molecular flexibility index (Phi) is 4.87. The SMILES string of the molecule is COc1ccc(Cl)cc1CNC1CCCC(O)C1. The molecule has 0 spiro atoms. The Labute approximate surface area is 113 Å². The number of aliphatic hydroxyl groups is 1. The van der Waals surface area contributed by atoms with Gasteiger partial charge in [-0.15, -0.1) is 0 Å². The van der Waals surface area contributed by atoms with Crippen molar-refractivity contribution in [2.24, 2.45) is 0 Å². The van der Waals surface area contributed by atoms with E-state index in [1.54, 1.807) is 7.11 Å². The standard InChI is InChI=1S/C14H20ClNO2/c1-18-14-6-5-11(15)7-10(14)9-16-12-3-2-4-13(17)8-12/h5-7,12-13,16-17H,2-4,8-9H2,1H3. The summed E-state index contributed by atoms with van der Waals surface area (Å²) in [6.45, 7) is 0.723. The number of hydrogen-bond donors (Lipinski definition) is 2. The molecule has 0 aliphatic heterocycles. The summed E-state index contributed by atoms with van der Waals surface area (Å²) in [7, 11) is 1.66. The van der Waals surface area contributed by atoms with Gasteiger partial charge in [0.2, 0.25) is 0 Å². The Morgan fingerprint density at radius 1 is 1.44 bits per heavy atom. The molecule has 2 unspecified atom stereocenters. The first-order valence-electron chi connectivity index (χ1n) is 6.43. The molecule has 0 aromatic heterocycles. The highest BCUT2D eigenvalue weighted by molar-refractivity contribution is 6.30. The van der Waals surface area contributed by atoms with Crippen LogP contribution in [0.3, 0.4) is 0 Å². The van der Waals surface area contributed by atoms with E-state index in [1.807, 2.05) is 18.2 Å². The molecule has 100 valence electrons. The van der Waals surface area contributed by atoms with Crippen LogP contribution in [0.15, 0.2) is 18.2 Å². The maximum Gasteiger partial charge on any atom is 0.123 e. The summed E-state index contributed by atoms with van der Waals surface area (Å²) in [6, 6.07) is 6.02. The van der Waals surface area contributed by atoms with E-state index in [0.29, 0.717) is 6.04 Å². The first kappa shape index (κ1) is 13.7. The van der Waals surface area contributed by atoms with Crippen molar-refractivity contribution < 1.29 is 9.84 Å². The van der Waals surface area contributed by atoms with Gasteiger partial charge < -0.3 is 15.2 Å². The summed E-state index contributed by atoms with van der Waals surface area (Å²) < 4.78 is 5.31. The second-order valence-corrected chi connectivity index (χ2v) is 5.29. The molecular weight excluding hydrogens is 250 g/mol. The van der Waals surface area contributed by atoms with Gasteiger partial charge in [-0.2, -0.15) is 0 Å². The van der Waals surface area contributed by atoms with Gasteiger partial charge in [0.1, 0.15) is 5.75 Å². The van der Waals surface area contributed by atoms with E-state index in [9.17, 15) is 5.11 Å². The van der Waals surface area contributed by atoms with E-state index in [4.69, 9.17) is 16.3 Å². The molecule has 1 aromatic carbocycles. The quantitative estimate of drug-likeness (QED) is 0.883. The van der Waals surface area contributed by atoms with Crippen molar-refractivity contribution in [2.45, 2.75) is 44.4 Å². The van der Waals surface area contributed by atoms with Gasteiger partial charge in [0.05, 0.1) is 13.2 Å². The van der Waals surface area contributed by atoms with Gasteiger partial charge in [-0.25, -0.2) is 0 Å². The third kappa shape index (κ3) is 3.61. The molecule has 1 saturated carbocycles. The van der Waals surface area contributed by atoms with E-state index >= 15 is 0 Å². The Balaban J connectivity index is 1.94. The third-order valence-electron chi connectivity index (χ3n) is 3.47. The molecule has 2 atom stereocenters.